The Hall–Kier alpha value is -4.72. The zero-order chi connectivity index (χ0) is 24.0. The van der Waals surface area contributed by atoms with Crippen LogP contribution in [0.3, 0.4) is 0 Å². The van der Waals surface area contributed by atoms with Crippen molar-refractivity contribution in [1.29, 1.82) is 0 Å². The lowest BCUT2D eigenvalue weighted by Crippen LogP contribution is -2.60. The number of para-hydroxylation sites is 2. The molecule has 0 aliphatic carbocycles. The fourth-order valence-corrected chi connectivity index (χ4v) is 4.93. The van der Waals surface area contributed by atoms with Gasteiger partial charge in [0.15, 0.2) is 17.1 Å². The molecular weight excluding hydrogens is 446 g/mol. The van der Waals surface area contributed by atoms with Crippen LogP contribution in [0.15, 0.2) is 107 Å². The molecule has 3 heterocycles. The molecule has 35 heavy (non-hydrogen) atoms. The summed E-state index contributed by atoms with van der Waals surface area (Å²) < 4.78 is 11.8. The van der Waals surface area contributed by atoms with E-state index in [4.69, 9.17) is 14.3 Å². The first-order valence-corrected chi connectivity index (χ1v) is 11.1. The fourth-order valence-electron chi connectivity index (χ4n) is 4.93. The Morgan fingerprint density at radius 2 is 1.60 bits per heavy atom. The summed E-state index contributed by atoms with van der Waals surface area (Å²) in [5.74, 6) is -0.397. The molecule has 0 bridgehead atoms. The lowest BCUT2D eigenvalue weighted by Gasteiger charge is -2.43. The van der Waals surface area contributed by atoms with Crippen LogP contribution < -0.4 is 9.75 Å². The number of rotatable bonds is 4. The second-order valence-electron chi connectivity index (χ2n) is 8.41. The van der Waals surface area contributed by atoms with Crippen LogP contribution in [0.25, 0.3) is 0 Å². The molecule has 2 aliphatic rings. The third-order valence-electron chi connectivity index (χ3n) is 6.47. The number of ether oxygens (including phenoxy) is 1. The Bertz CT molecular complexity index is 1460. The number of nitro groups is 1. The molecule has 0 saturated heterocycles. The molecule has 0 fully saturated rings. The van der Waals surface area contributed by atoms with E-state index in [0.717, 1.165) is 5.56 Å². The van der Waals surface area contributed by atoms with Gasteiger partial charge in [0.2, 0.25) is 0 Å². The quantitative estimate of drug-likeness (QED) is 0.303. The van der Waals surface area contributed by atoms with Crippen LogP contribution >= 0.6 is 0 Å². The second kappa shape index (κ2) is 7.95. The Morgan fingerprint density at radius 1 is 0.914 bits per heavy atom. The maximum absolute atomic E-state index is 14.4. The molecule has 1 spiro atoms. The first-order chi connectivity index (χ1) is 17.1. The molecule has 0 N–H and O–H groups in total. The number of benzene rings is 3. The Labute approximate surface area is 200 Å². The van der Waals surface area contributed by atoms with Gasteiger partial charge in [0.05, 0.1) is 23.2 Å². The summed E-state index contributed by atoms with van der Waals surface area (Å²) in [6.07, 6.45) is 0. The van der Waals surface area contributed by atoms with E-state index in [9.17, 15) is 14.9 Å². The van der Waals surface area contributed by atoms with Gasteiger partial charge in [-0.05, 0) is 35.9 Å². The van der Waals surface area contributed by atoms with Gasteiger partial charge in [-0.3, -0.25) is 14.9 Å². The minimum absolute atomic E-state index is 0.0348. The SMILES string of the molecule is O=C1c2ccccc2OCC12[C@H](c1ccccc1)C(c1ccc([N+](=O)[O-])o1)=NN2c1ccccc1. The van der Waals surface area contributed by atoms with Gasteiger partial charge in [-0.15, -0.1) is 0 Å². The van der Waals surface area contributed by atoms with Gasteiger partial charge in [0.25, 0.3) is 0 Å². The lowest BCUT2D eigenvalue weighted by molar-refractivity contribution is -0.402. The number of hydrogen-bond acceptors (Lipinski definition) is 7. The van der Waals surface area contributed by atoms with Gasteiger partial charge in [-0.1, -0.05) is 60.7 Å². The molecule has 3 aromatic carbocycles. The number of fused-ring (bicyclic) bond motifs is 1. The minimum Gasteiger partial charge on any atom is -0.490 e. The number of nitrogens with zero attached hydrogens (tertiary/aromatic N) is 3. The van der Waals surface area contributed by atoms with Crippen molar-refractivity contribution in [3.63, 3.8) is 0 Å². The van der Waals surface area contributed by atoms with Crippen LogP contribution in [0.4, 0.5) is 11.6 Å². The average molecular weight is 465 g/mol. The molecule has 0 amide bonds. The first kappa shape index (κ1) is 20.9. The Balaban J connectivity index is 1.62. The number of Topliss-reactive ketones (excluding diaryl/α,β-unsaturated/α-hetero) is 1. The number of hydrogen-bond donors (Lipinski definition) is 0. The molecule has 1 aromatic heterocycles. The number of anilines is 1. The van der Waals surface area contributed by atoms with Gasteiger partial charge in [-0.2, -0.15) is 5.10 Å². The molecule has 2 atom stereocenters. The van der Waals surface area contributed by atoms with Gasteiger partial charge in [-0.25, -0.2) is 5.01 Å². The molecule has 8 nitrogen and oxygen atoms in total. The highest BCUT2D eigenvalue weighted by molar-refractivity contribution is 6.18. The fraction of sp³-hybridized carbons (Fsp3) is 0.111. The molecule has 172 valence electrons. The molecule has 0 radical (unpaired) electrons. The highest BCUT2D eigenvalue weighted by Crippen LogP contribution is 2.49. The number of carbonyl (C=O) groups excluding carboxylic acids is 1. The van der Waals surface area contributed by atoms with E-state index in [1.807, 2.05) is 66.7 Å². The number of ketones is 1. The zero-order valence-corrected chi connectivity index (χ0v) is 18.4. The van der Waals surface area contributed by atoms with E-state index in [1.54, 1.807) is 23.2 Å². The summed E-state index contributed by atoms with van der Waals surface area (Å²) in [7, 11) is 0. The summed E-state index contributed by atoms with van der Waals surface area (Å²) in [5.41, 5.74) is 1.13. The number of furan rings is 1. The van der Waals surface area contributed by atoms with Crippen molar-refractivity contribution in [3.8, 4) is 5.75 Å². The van der Waals surface area contributed by atoms with Gasteiger partial charge in [0, 0.05) is 0 Å². The average Bonchev–Trinajstić information content (AvgIpc) is 3.52. The highest BCUT2D eigenvalue weighted by Gasteiger charge is 2.61. The Morgan fingerprint density at radius 3 is 2.31 bits per heavy atom. The van der Waals surface area contributed by atoms with Gasteiger partial charge in [0.1, 0.15) is 23.0 Å². The molecule has 1 unspecified atom stereocenters. The lowest BCUT2D eigenvalue weighted by atomic mass is 9.71. The van der Waals surface area contributed by atoms with E-state index in [2.05, 4.69) is 0 Å². The largest absolute Gasteiger partial charge is 0.490 e. The number of carbonyl (C=O) groups is 1. The maximum atomic E-state index is 14.4. The second-order valence-corrected chi connectivity index (χ2v) is 8.41. The van der Waals surface area contributed by atoms with E-state index < -0.39 is 22.3 Å². The van der Waals surface area contributed by atoms with Crippen molar-refractivity contribution >= 4 is 23.1 Å². The molecule has 6 rings (SSSR count). The topological polar surface area (TPSA) is 98.2 Å². The van der Waals surface area contributed by atoms with Crippen molar-refractivity contribution in [3.05, 3.63) is 124 Å². The van der Waals surface area contributed by atoms with Crippen molar-refractivity contribution < 1.29 is 18.9 Å². The summed E-state index contributed by atoms with van der Waals surface area (Å²) in [6, 6.07) is 28.8. The van der Waals surface area contributed by atoms with E-state index in [-0.39, 0.29) is 18.2 Å². The van der Waals surface area contributed by atoms with E-state index >= 15 is 0 Å². The summed E-state index contributed by atoms with van der Waals surface area (Å²) in [6.45, 7) is 0.0348. The van der Waals surface area contributed by atoms with Crippen LogP contribution in [-0.2, 0) is 0 Å². The summed E-state index contributed by atoms with van der Waals surface area (Å²) in [4.78, 5) is 25.1. The monoisotopic (exact) mass is 465 g/mol. The zero-order valence-electron chi connectivity index (χ0n) is 18.4. The Kier molecular flexibility index (Phi) is 4.74. The first-order valence-electron chi connectivity index (χ1n) is 11.1. The predicted octanol–water partition coefficient (Wildman–Crippen LogP) is 5.21. The van der Waals surface area contributed by atoms with Crippen molar-refractivity contribution in [2.24, 2.45) is 5.10 Å². The van der Waals surface area contributed by atoms with Gasteiger partial charge >= 0.3 is 5.88 Å². The predicted molar refractivity (Wildman–Crippen MR) is 129 cm³/mol. The molecule has 2 aliphatic heterocycles. The van der Waals surface area contributed by atoms with Crippen molar-refractivity contribution in [2.45, 2.75) is 11.5 Å². The van der Waals surface area contributed by atoms with Crippen LogP contribution in [0.5, 0.6) is 5.75 Å². The summed E-state index contributed by atoms with van der Waals surface area (Å²) in [5, 5.41) is 17.9. The number of hydrazone groups is 1. The molecule has 4 aromatic rings. The summed E-state index contributed by atoms with van der Waals surface area (Å²) >= 11 is 0. The van der Waals surface area contributed by atoms with Crippen molar-refractivity contribution in [1.82, 2.24) is 0 Å². The third-order valence-corrected chi connectivity index (χ3v) is 6.47. The standard InChI is InChI=1S/C27H19N3O5/c31-26-20-13-7-8-14-21(20)34-17-27(26)24(18-9-3-1-4-10-18)25(22-15-16-23(35-22)30(32)33)28-29(27)19-11-5-2-6-12-19/h1-16,24H,17H2/t24-,27?/m1/s1. The van der Waals surface area contributed by atoms with Crippen LogP contribution in [0.1, 0.15) is 27.6 Å². The highest BCUT2D eigenvalue weighted by atomic mass is 16.6. The molecule has 0 saturated carbocycles. The maximum Gasteiger partial charge on any atom is 0.433 e. The van der Waals surface area contributed by atoms with E-state index in [1.165, 1.54) is 12.1 Å². The third kappa shape index (κ3) is 3.14. The molecule has 8 heteroatoms. The van der Waals surface area contributed by atoms with Crippen LogP contribution in [0.2, 0.25) is 0 Å². The minimum atomic E-state index is -1.27. The van der Waals surface area contributed by atoms with Gasteiger partial charge < -0.3 is 9.15 Å². The smallest absolute Gasteiger partial charge is 0.433 e. The van der Waals surface area contributed by atoms with Crippen LogP contribution in [0, 0.1) is 10.1 Å². The molecular formula is C27H19N3O5. The van der Waals surface area contributed by atoms with Crippen LogP contribution in [-0.4, -0.2) is 28.6 Å². The van der Waals surface area contributed by atoms with E-state index in [0.29, 0.717) is 22.7 Å². The normalized spacial score (nSPS) is 20.9. The van der Waals surface area contributed by atoms with Crippen molar-refractivity contribution in [2.75, 3.05) is 11.6 Å².